The first-order valence-electron chi connectivity index (χ1n) is 5.72. The Kier molecular flexibility index (Phi) is 3.17. The highest BCUT2D eigenvalue weighted by Crippen LogP contribution is 2.24. The van der Waals surface area contributed by atoms with Gasteiger partial charge >= 0.3 is 5.69 Å². The van der Waals surface area contributed by atoms with Crippen LogP contribution in [0.25, 0.3) is 0 Å². The molecular formula is C12H16N2O2. The van der Waals surface area contributed by atoms with E-state index in [2.05, 4.69) is 4.98 Å². The van der Waals surface area contributed by atoms with Crippen molar-refractivity contribution in [1.82, 2.24) is 9.55 Å². The molecule has 1 aliphatic carbocycles. The number of aromatic nitrogens is 2. The number of nitrogens with zero attached hydrogens (tertiary/aromatic N) is 2. The Hall–Kier alpha value is -1.45. The predicted octanol–water partition coefficient (Wildman–Crippen LogP) is 1.31. The molecule has 0 aliphatic heterocycles. The number of Topliss-reactive ketones (excluding diaryl/α,β-unsaturated/α-hetero) is 1. The number of rotatable bonds is 3. The van der Waals surface area contributed by atoms with E-state index in [4.69, 9.17) is 0 Å². The number of carbonyl (C=O) groups is 1. The lowest BCUT2D eigenvalue weighted by molar-refractivity contribution is -0.120. The van der Waals surface area contributed by atoms with Gasteiger partial charge in [-0.25, -0.2) is 9.78 Å². The first-order chi connectivity index (χ1) is 7.66. The van der Waals surface area contributed by atoms with Crippen LogP contribution in [0, 0.1) is 12.8 Å². The van der Waals surface area contributed by atoms with Crippen LogP contribution in [-0.4, -0.2) is 15.3 Å². The Bertz CT molecular complexity index is 451. The van der Waals surface area contributed by atoms with Crippen molar-refractivity contribution in [2.24, 2.45) is 5.92 Å². The van der Waals surface area contributed by atoms with E-state index in [0.717, 1.165) is 24.8 Å². The van der Waals surface area contributed by atoms with Gasteiger partial charge in [-0.05, 0) is 31.7 Å². The second-order valence-electron chi connectivity index (χ2n) is 4.45. The second-order valence-corrected chi connectivity index (χ2v) is 4.45. The van der Waals surface area contributed by atoms with Crippen molar-refractivity contribution in [1.29, 1.82) is 0 Å². The second kappa shape index (κ2) is 4.60. The maximum atomic E-state index is 11.4. The molecule has 0 radical (unpaired) electrons. The number of hydrogen-bond acceptors (Lipinski definition) is 3. The van der Waals surface area contributed by atoms with Gasteiger partial charge in [0.2, 0.25) is 0 Å². The molecule has 1 aromatic rings. The molecule has 1 heterocycles. The van der Waals surface area contributed by atoms with Gasteiger partial charge in [-0.15, -0.1) is 0 Å². The van der Waals surface area contributed by atoms with E-state index in [1.165, 1.54) is 0 Å². The molecule has 0 N–H and O–H groups in total. The molecule has 0 bridgehead atoms. The van der Waals surface area contributed by atoms with Crippen LogP contribution in [0.1, 0.15) is 31.2 Å². The third-order valence-corrected chi connectivity index (χ3v) is 3.13. The monoisotopic (exact) mass is 220 g/mol. The average Bonchev–Trinajstić information content (AvgIpc) is 2.66. The number of carbonyl (C=O) groups excluding carboxylic acids is 1. The standard InChI is InChI=1S/C12H16N2O2/c1-9-7-13-12(16)14(8-9)6-5-10-3-2-4-11(10)15/h7-8,10H,2-6H2,1H3. The zero-order valence-electron chi connectivity index (χ0n) is 9.48. The van der Waals surface area contributed by atoms with Crippen molar-refractivity contribution in [3.05, 3.63) is 28.4 Å². The zero-order chi connectivity index (χ0) is 11.5. The van der Waals surface area contributed by atoms with E-state index in [9.17, 15) is 9.59 Å². The molecule has 86 valence electrons. The summed E-state index contributed by atoms with van der Waals surface area (Å²) >= 11 is 0. The van der Waals surface area contributed by atoms with E-state index in [1.54, 1.807) is 17.0 Å². The molecular weight excluding hydrogens is 204 g/mol. The summed E-state index contributed by atoms with van der Waals surface area (Å²) in [6.45, 7) is 2.51. The van der Waals surface area contributed by atoms with Gasteiger partial charge in [-0.1, -0.05) is 0 Å². The van der Waals surface area contributed by atoms with Crippen LogP contribution in [0.3, 0.4) is 0 Å². The number of hydrogen-bond donors (Lipinski definition) is 0. The summed E-state index contributed by atoms with van der Waals surface area (Å²) in [7, 11) is 0. The van der Waals surface area contributed by atoms with Crippen LogP contribution in [-0.2, 0) is 11.3 Å². The molecule has 0 amide bonds. The van der Waals surface area contributed by atoms with Gasteiger partial charge in [-0.2, -0.15) is 0 Å². The Morgan fingerprint density at radius 2 is 2.31 bits per heavy atom. The third kappa shape index (κ3) is 2.38. The van der Waals surface area contributed by atoms with Crippen LogP contribution in [0.15, 0.2) is 17.2 Å². The molecule has 4 nitrogen and oxygen atoms in total. The molecule has 4 heteroatoms. The minimum Gasteiger partial charge on any atom is -0.299 e. The summed E-state index contributed by atoms with van der Waals surface area (Å²) in [6, 6.07) is 0. The Morgan fingerprint density at radius 1 is 1.50 bits per heavy atom. The van der Waals surface area contributed by atoms with E-state index < -0.39 is 0 Å². The largest absolute Gasteiger partial charge is 0.347 e. The fraction of sp³-hybridized carbons (Fsp3) is 0.583. The minimum absolute atomic E-state index is 0.160. The molecule has 16 heavy (non-hydrogen) atoms. The van der Waals surface area contributed by atoms with Crippen molar-refractivity contribution in [3.63, 3.8) is 0 Å². The molecule has 1 aromatic heterocycles. The van der Waals surface area contributed by atoms with Gasteiger partial charge in [0.25, 0.3) is 0 Å². The third-order valence-electron chi connectivity index (χ3n) is 3.13. The number of aryl methyl sites for hydroxylation is 2. The van der Waals surface area contributed by atoms with Crippen molar-refractivity contribution in [2.45, 2.75) is 39.2 Å². The lowest BCUT2D eigenvalue weighted by atomic mass is 10.0. The highest BCUT2D eigenvalue weighted by atomic mass is 16.1. The summed E-state index contributed by atoms with van der Waals surface area (Å²) in [5.41, 5.74) is 0.744. The van der Waals surface area contributed by atoms with Crippen molar-refractivity contribution in [3.8, 4) is 0 Å². The van der Waals surface area contributed by atoms with Crippen LogP contribution < -0.4 is 5.69 Å². The topological polar surface area (TPSA) is 52.0 Å². The molecule has 2 rings (SSSR count). The molecule has 0 saturated heterocycles. The predicted molar refractivity (Wildman–Crippen MR) is 60.2 cm³/mol. The van der Waals surface area contributed by atoms with Gasteiger partial charge < -0.3 is 0 Å². The molecule has 0 spiro atoms. The quantitative estimate of drug-likeness (QED) is 0.771. The molecule has 1 unspecified atom stereocenters. The summed E-state index contributed by atoms with van der Waals surface area (Å²) < 4.78 is 1.60. The van der Waals surface area contributed by atoms with E-state index in [-0.39, 0.29) is 11.6 Å². The van der Waals surface area contributed by atoms with Gasteiger partial charge in [0.1, 0.15) is 5.78 Å². The van der Waals surface area contributed by atoms with E-state index >= 15 is 0 Å². The molecule has 1 aliphatic rings. The summed E-state index contributed by atoms with van der Waals surface area (Å²) in [5.74, 6) is 0.515. The highest BCUT2D eigenvalue weighted by Gasteiger charge is 2.23. The number of ketones is 1. The Balaban J connectivity index is 2.01. The molecule has 0 aromatic carbocycles. The first-order valence-corrected chi connectivity index (χ1v) is 5.72. The fourth-order valence-electron chi connectivity index (χ4n) is 2.21. The first kappa shape index (κ1) is 11.0. The van der Waals surface area contributed by atoms with Crippen LogP contribution in [0.5, 0.6) is 0 Å². The lowest BCUT2D eigenvalue weighted by Gasteiger charge is -2.09. The Morgan fingerprint density at radius 3 is 3.00 bits per heavy atom. The maximum Gasteiger partial charge on any atom is 0.347 e. The highest BCUT2D eigenvalue weighted by molar-refractivity contribution is 5.82. The summed E-state index contributed by atoms with van der Waals surface area (Å²) in [4.78, 5) is 26.6. The summed E-state index contributed by atoms with van der Waals surface area (Å²) in [6.07, 6.45) is 6.83. The van der Waals surface area contributed by atoms with Crippen molar-refractivity contribution >= 4 is 5.78 Å². The van der Waals surface area contributed by atoms with E-state index in [1.807, 2.05) is 6.92 Å². The normalized spacial score (nSPS) is 20.3. The summed E-state index contributed by atoms with van der Waals surface area (Å²) in [5, 5.41) is 0. The van der Waals surface area contributed by atoms with E-state index in [0.29, 0.717) is 18.7 Å². The smallest absolute Gasteiger partial charge is 0.299 e. The molecule has 1 saturated carbocycles. The van der Waals surface area contributed by atoms with Crippen LogP contribution >= 0.6 is 0 Å². The van der Waals surface area contributed by atoms with Crippen LogP contribution in [0.4, 0.5) is 0 Å². The van der Waals surface area contributed by atoms with Crippen LogP contribution in [0.2, 0.25) is 0 Å². The van der Waals surface area contributed by atoms with Gasteiger partial charge in [0.05, 0.1) is 0 Å². The van der Waals surface area contributed by atoms with Crippen molar-refractivity contribution < 1.29 is 4.79 Å². The van der Waals surface area contributed by atoms with Gasteiger partial charge in [0.15, 0.2) is 0 Å². The fourth-order valence-corrected chi connectivity index (χ4v) is 2.21. The lowest BCUT2D eigenvalue weighted by Crippen LogP contribution is -2.24. The SMILES string of the molecule is Cc1cnc(=O)n(CCC2CCCC2=O)c1. The minimum atomic E-state index is -0.226. The Labute approximate surface area is 94.3 Å². The van der Waals surface area contributed by atoms with Gasteiger partial charge in [-0.3, -0.25) is 9.36 Å². The molecule has 1 atom stereocenters. The maximum absolute atomic E-state index is 11.4. The van der Waals surface area contributed by atoms with Gasteiger partial charge in [0, 0.05) is 31.3 Å². The average molecular weight is 220 g/mol. The molecule has 1 fully saturated rings. The van der Waals surface area contributed by atoms with Crippen molar-refractivity contribution in [2.75, 3.05) is 0 Å². The zero-order valence-corrected chi connectivity index (χ0v) is 9.48.